The molecule has 3 heterocycles. The molecule has 0 amide bonds. The average molecular weight is 338 g/mol. The summed E-state index contributed by atoms with van der Waals surface area (Å²) in [5.41, 5.74) is 2.62. The molecule has 0 spiro atoms. The van der Waals surface area contributed by atoms with Crippen LogP contribution in [0.3, 0.4) is 0 Å². The highest BCUT2D eigenvalue weighted by molar-refractivity contribution is 6.01. The van der Waals surface area contributed by atoms with Crippen LogP contribution in [0.15, 0.2) is 24.4 Å². The molecule has 0 N–H and O–H groups in total. The van der Waals surface area contributed by atoms with Crippen molar-refractivity contribution in [3.05, 3.63) is 30.0 Å². The van der Waals surface area contributed by atoms with Crippen LogP contribution in [-0.2, 0) is 0 Å². The van der Waals surface area contributed by atoms with Crippen LogP contribution in [0.1, 0.15) is 25.3 Å². The molecule has 0 radical (unpaired) electrons. The van der Waals surface area contributed by atoms with Gasteiger partial charge in [-0.1, -0.05) is 24.6 Å². The van der Waals surface area contributed by atoms with Gasteiger partial charge in [0.05, 0.1) is 11.9 Å². The minimum atomic E-state index is 0.757. The number of fused-ring (bicyclic) bond motifs is 1. The third-order valence-corrected chi connectivity index (χ3v) is 5.80. The van der Waals surface area contributed by atoms with Crippen molar-refractivity contribution in [3.8, 4) is 0 Å². The SMILES string of the molecule is Cc1ccc2c(N3CCN(C)CC3)cnc(N3CCCC(C)C3)c2c1. The van der Waals surface area contributed by atoms with Gasteiger partial charge in [-0.25, -0.2) is 4.98 Å². The van der Waals surface area contributed by atoms with E-state index in [1.54, 1.807) is 0 Å². The van der Waals surface area contributed by atoms with Crippen molar-refractivity contribution in [2.45, 2.75) is 26.7 Å². The molecule has 2 aliphatic heterocycles. The summed E-state index contributed by atoms with van der Waals surface area (Å²) in [5.74, 6) is 1.94. The van der Waals surface area contributed by atoms with E-state index in [4.69, 9.17) is 4.98 Å². The Morgan fingerprint density at radius 1 is 1.00 bits per heavy atom. The average Bonchev–Trinajstić information content (AvgIpc) is 2.61. The number of aryl methyl sites for hydroxylation is 1. The van der Waals surface area contributed by atoms with Gasteiger partial charge >= 0.3 is 0 Å². The fourth-order valence-electron chi connectivity index (χ4n) is 4.26. The highest BCUT2D eigenvalue weighted by Crippen LogP contribution is 2.35. The van der Waals surface area contributed by atoms with E-state index >= 15 is 0 Å². The van der Waals surface area contributed by atoms with Crippen molar-refractivity contribution >= 4 is 22.3 Å². The fourth-order valence-corrected chi connectivity index (χ4v) is 4.26. The van der Waals surface area contributed by atoms with Crippen LogP contribution in [0.4, 0.5) is 11.5 Å². The molecule has 2 fully saturated rings. The monoisotopic (exact) mass is 338 g/mol. The number of rotatable bonds is 2. The van der Waals surface area contributed by atoms with Crippen molar-refractivity contribution < 1.29 is 0 Å². The molecule has 1 unspecified atom stereocenters. The van der Waals surface area contributed by atoms with Crippen LogP contribution in [0, 0.1) is 12.8 Å². The van der Waals surface area contributed by atoms with Crippen molar-refractivity contribution in [1.82, 2.24) is 9.88 Å². The van der Waals surface area contributed by atoms with E-state index in [-0.39, 0.29) is 0 Å². The molecule has 0 saturated carbocycles. The van der Waals surface area contributed by atoms with Gasteiger partial charge in [0.1, 0.15) is 5.82 Å². The third-order valence-electron chi connectivity index (χ3n) is 5.80. The van der Waals surface area contributed by atoms with Gasteiger partial charge in [0, 0.05) is 50.0 Å². The molecule has 2 aliphatic rings. The van der Waals surface area contributed by atoms with E-state index < -0.39 is 0 Å². The van der Waals surface area contributed by atoms with Crippen LogP contribution in [0.2, 0.25) is 0 Å². The summed E-state index contributed by atoms with van der Waals surface area (Å²) >= 11 is 0. The van der Waals surface area contributed by atoms with Crippen molar-refractivity contribution in [3.63, 3.8) is 0 Å². The number of pyridine rings is 1. The number of likely N-dealkylation sites (N-methyl/N-ethyl adjacent to an activating group) is 1. The second kappa shape index (κ2) is 6.83. The van der Waals surface area contributed by atoms with Gasteiger partial charge < -0.3 is 14.7 Å². The first-order valence-corrected chi connectivity index (χ1v) is 9.69. The highest BCUT2D eigenvalue weighted by atomic mass is 15.3. The highest BCUT2D eigenvalue weighted by Gasteiger charge is 2.22. The summed E-state index contributed by atoms with van der Waals surface area (Å²) in [6.45, 7) is 11.2. The standard InChI is InChI=1S/C21H30N4/c1-16-6-7-18-19(13-16)21(25-8-4-5-17(2)15-25)22-14-20(18)24-11-9-23(3)10-12-24/h6-7,13-14,17H,4-5,8-12,15H2,1-3H3. The van der Waals surface area contributed by atoms with Gasteiger partial charge in [0.15, 0.2) is 0 Å². The lowest BCUT2D eigenvalue weighted by Gasteiger charge is -2.36. The Labute approximate surface area is 151 Å². The van der Waals surface area contributed by atoms with E-state index in [9.17, 15) is 0 Å². The van der Waals surface area contributed by atoms with Gasteiger partial charge in [-0.15, -0.1) is 0 Å². The Hall–Kier alpha value is -1.81. The number of hydrogen-bond acceptors (Lipinski definition) is 4. The Kier molecular flexibility index (Phi) is 4.55. The van der Waals surface area contributed by atoms with Gasteiger partial charge in [-0.05, 0) is 38.8 Å². The fraction of sp³-hybridized carbons (Fsp3) is 0.571. The number of benzene rings is 1. The second-order valence-electron chi connectivity index (χ2n) is 8.00. The first-order chi connectivity index (χ1) is 12.1. The quantitative estimate of drug-likeness (QED) is 0.835. The molecule has 0 aliphatic carbocycles. The zero-order valence-electron chi connectivity index (χ0n) is 15.8. The van der Waals surface area contributed by atoms with Crippen LogP contribution in [-0.4, -0.2) is 56.2 Å². The van der Waals surface area contributed by atoms with Gasteiger partial charge in [-0.2, -0.15) is 0 Å². The molecule has 4 heteroatoms. The van der Waals surface area contributed by atoms with Crippen molar-refractivity contribution in [1.29, 1.82) is 0 Å². The number of aromatic nitrogens is 1. The summed E-state index contributed by atoms with van der Waals surface area (Å²) in [7, 11) is 2.21. The van der Waals surface area contributed by atoms with E-state index in [1.807, 2.05) is 0 Å². The number of piperidine rings is 1. The lowest BCUT2D eigenvalue weighted by Crippen LogP contribution is -2.44. The molecule has 1 atom stereocenters. The lowest BCUT2D eigenvalue weighted by molar-refractivity contribution is 0.313. The van der Waals surface area contributed by atoms with Crippen LogP contribution >= 0.6 is 0 Å². The molecule has 1 aromatic heterocycles. The Morgan fingerprint density at radius 2 is 1.80 bits per heavy atom. The molecule has 1 aromatic carbocycles. The molecule has 25 heavy (non-hydrogen) atoms. The number of anilines is 2. The summed E-state index contributed by atoms with van der Waals surface area (Å²) in [6, 6.07) is 6.87. The van der Waals surface area contributed by atoms with Crippen molar-refractivity contribution in [2.75, 3.05) is 56.1 Å². The summed E-state index contributed by atoms with van der Waals surface area (Å²) < 4.78 is 0. The summed E-state index contributed by atoms with van der Waals surface area (Å²) in [4.78, 5) is 12.4. The number of nitrogens with zero attached hydrogens (tertiary/aromatic N) is 4. The maximum Gasteiger partial charge on any atom is 0.136 e. The van der Waals surface area contributed by atoms with Gasteiger partial charge in [0.2, 0.25) is 0 Å². The maximum absolute atomic E-state index is 4.97. The van der Waals surface area contributed by atoms with E-state index in [1.165, 1.54) is 40.7 Å². The van der Waals surface area contributed by atoms with Crippen LogP contribution in [0.5, 0.6) is 0 Å². The molecular weight excluding hydrogens is 308 g/mol. The minimum absolute atomic E-state index is 0.757. The lowest BCUT2D eigenvalue weighted by atomic mass is 9.99. The summed E-state index contributed by atoms with van der Waals surface area (Å²) in [5, 5.41) is 2.68. The predicted octanol–water partition coefficient (Wildman–Crippen LogP) is 3.53. The van der Waals surface area contributed by atoms with Gasteiger partial charge in [0.25, 0.3) is 0 Å². The number of hydrogen-bond donors (Lipinski definition) is 0. The molecule has 4 rings (SSSR count). The van der Waals surface area contributed by atoms with Gasteiger partial charge in [-0.3, -0.25) is 0 Å². The number of piperazine rings is 1. The molecule has 0 bridgehead atoms. The maximum atomic E-state index is 4.97. The third kappa shape index (κ3) is 3.32. The molecule has 4 nitrogen and oxygen atoms in total. The molecular formula is C21H30N4. The predicted molar refractivity (Wildman–Crippen MR) is 107 cm³/mol. The van der Waals surface area contributed by atoms with E-state index in [2.05, 4.69) is 60.0 Å². The Bertz CT molecular complexity index is 749. The van der Waals surface area contributed by atoms with Crippen LogP contribution < -0.4 is 9.80 Å². The van der Waals surface area contributed by atoms with E-state index in [0.717, 1.165) is 45.2 Å². The molecule has 2 aromatic rings. The van der Waals surface area contributed by atoms with Crippen molar-refractivity contribution in [2.24, 2.45) is 5.92 Å². The minimum Gasteiger partial charge on any atom is -0.367 e. The smallest absolute Gasteiger partial charge is 0.136 e. The Balaban J connectivity index is 1.76. The topological polar surface area (TPSA) is 22.6 Å². The first kappa shape index (κ1) is 16.6. The molecule has 2 saturated heterocycles. The Morgan fingerprint density at radius 3 is 2.56 bits per heavy atom. The second-order valence-corrected chi connectivity index (χ2v) is 8.00. The largest absolute Gasteiger partial charge is 0.367 e. The van der Waals surface area contributed by atoms with Crippen LogP contribution in [0.25, 0.3) is 10.8 Å². The van der Waals surface area contributed by atoms with E-state index in [0.29, 0.717) is 0 Å². The first-order valence-electron chi connectivity index (χ1n) is 9.69. The normalized spacial score (nSPS) is 22.6. The zero-order chi connectivity index (χ0) is 17.4. The summed E-state index contributed by atoms with van der Waals surface area (Å²) in [6.07, 6.45) is 4.74. The molecule has 134 valence electrons. The zero-order valence-corrected chi connectivity index (χ0v) is 15.8.